The lowest BCUT2D eigenvalue weighted by Crippen LogP contribution is -2.47. The number of urea groups is 1. The molecule has 5 rings (SSSR count). The van der Waals surface area contributed by atoms with Crippen molar-refractivity contribution in [2.24, 2.45) is 0 Å². The Labute approximate surface area is 203 Å². The molecule has 0 bridgehead atoms. The number of amides is 3. The smallest absolute Gasteiger partial charge is 0.326 e. The number of carbonyl (C=O) groups is 2. The number of methoxy groups -OCH3 is 1. The molecule has 1 atom stereocenters. The van der Waals surface area contributed by atoms with Gasteiger partial charge in [-0.3, -0.25) is 9.69 Å². The number of piperidine rings is 1. The third kappa shape index (κ3) is 4.52. The molecule has 0 unspecified atom stereocenters. The Bertz CT molecular complexity index is 1150. The fourth-order valence-corrected chi connectivity index (χ4v) is 5.95. The summed E-state index contributed by atoms with van der Waals surface area (Å²) in [5.74, 6) is 1.10. The zero-order valence-corrected chi connectivity index (χ0v) is 20.4. The average Bonchev–Trinajstić information content (AvgIpc) is 3.38. The number of ether oxygens (including phenoxy) is 1. The number of rotatable bonds is 7. The van der Waals surface area contributed by atoms with E-state index in [1.54, 1.807) is 18.4 Å². The molecule has 178 valence electrons. The topological polar surface area (TPSA) is 74.8 Å². The van der Waals surface area contributed by atoms with Gasteiger partial charge >= 0.3 is 6.03 Å². The van der Waals surface area contributed by atoms with Gasteiger partial charge in [0.2, 0.25) is 0 Å². The number of carbonyl (C=O) groups excluding carboxylic acids is 2. The normalized spacial score (nSPS) is 21.9. The molecule has 2 aromatic carbocycles. The lowest BCUT2D eigenvalue weighted by atomic mass is 9.93. The summed E-state index contributed by atoms with van der Waals surface area (Å²) in [6.07, 6.45) is 3.23. The van der Waals surface area contributed by atoms with Crippen LogP contribution >= 0.6 is 11.3 Å². The van der Waals surface area contributed by atoms with E-state index in [1.165, 1.54) is 14.6 Å². The van der Waals surface area contributed by atoms with E-state index in [2.05, 4.69) is 28.4 Å². The molecule has 3 aromatic rings. The summed E-state index contributed by atoms with van der Waals surface area (Å²) in [7, 11) is 1.64. The predicted molar refractivity (Wildman–Crippen MR) is 133 cm³/mol. The van der Waals surface area contributed by atoms with Crippen LogP contribution in [0.4, 0.5) is 4.79 Å². The minimum Gasteiger partial charge on any atom is -0.497 e. The van der Waals surface area contributed by atoms with Gasteiger partial charge in [0.15, 0.2) is 0 Å². The Morgan fingerprint density at radius 2 is 1.85 bits per heavy atom. The van der Waals surface area contributed by atoms with Gasteiger partial charge in [-0.05, 0) is 62.4 Å². The Morgan fingerprint density at radius 3 is 2.56 bits per heavy atom. The van der Waals surface area contributed by atoms with Gasteiger partial charge in [0.05, 0.1) is 29.0 Å². The first-order chi connectivity index (χ1) is 16.4. The molecule has 0 saturated carbocycles. The molecule has 0 radical (unpaired) electrons. The van der Waals surface area contributed by atoms with Crippen LogP contribution in [-0.2, 0) is 11.2 Å². The summed E-state index contributed by atoms with van der Waals surface area (Å²) in [5, 5.41) is 4.14. The van der Waals surface area contributed by atoms with Crippen molar-refractivity contribution in [2.75, 3.05) is 26.9 Å². The number of hydrogen-bond donors (Lipinski definition) is 1. The van der Waals surface area contributed by atoms with Crippen LogP contribution in [0.2, 0.25) is 0 Å². The molecule has 7 nitrogen and oxygen atoms in total. The van der Waals surface area contributed by atoms with E-state index in [0.717, 1.165) is 42.8 Å². The molecule has 8 heteroatoms. The monoisotopic (exact) mass is 478 g/mol. The minimum atomic E-state index is -0.879. The lowest BCUT2D eigenvalue weighted by Gasteiger charge is -2.33. The van der Waals surface area contributed by atoms with Crippen molar-refractivity contribution in [1.29, 1.82) is 0 Å². The van der Waals surface area contributed by atoms with Gasteiger partial charge in [-0.1, -0.05) is 24.3 Å². The van der Waals surface area contributed by atoms with Crippen molar-refractivity contribution >= 4 is 33.5 Å². The number of aromatic nitrogens is 1. The molecule has 3 amide bonds. The zero-order valence-electron chi connectivity index (χ0n) is 19.6. The molecule has 2 fully saturated rings. The second kappa shape index (κ2) is 9.35. The number of nitrogens with zero attached hydrogens (tertiary/aromatic N) is 3. The predicted octanol–water partition coefficient (Wildman–Crippen LogP) is 4.39. The van der Waals surface area contributed by atoms with Crippen molar-refractivity contribution in [3.63, 3.8) is 0 Å². The lowest BCUT2D eigenvalue weighted by molar-refractivity contribution is -0.132. The molecular weight excluding hydrogens is 448 g/mol. The van der Waals surface area contributed by atoms with Crippen LogP contribution in [0.3, 0.4) is 0 Å². The highest BCUT2D eigenvalue weighted by Gasteiger charge is 2.47. The number of hydrogen-bond acceptors (Lipinski definition) is 6. The zero-order chi connectivity index (χ0) is 23.7. The third-order valence-corrected chi connectivity index (χ3v) is 8.21. The maximum absolute atomic E-state index is 13.2. The molecule has 1 aromatic heterocycles. The van der Waals surface area contributed by atoms with E-state index in [4.69, 9.17) is 9.72 Å². The van der Waals surface area contributed by atoms with Crippen LogP contribution < -0.4 is 10.1 Å². The second-order valence-corrected chi connectivity index (χ2v) is 10.5. The number of imide groups is 1. The highest BCUT2D eigenvalue weighted by Crippen LogP contribution is 2.34. The number of likely N-dealkylation sites (tertiary alicyclic amines) is 1. The van der Waals surface area contributed by atoms with Crippen molar-refractivity contribution < 1.29 is 14.3 Å². The van der Waals surface area contributed by atoms with Crippen molar-refractivity contribution in [1.82, 2.24) is 20.1 Å². The number of fused-ring (bicyclic) bond motifs is 1. The summed E-state index contributed by atoms with van der Waals surface area (Å²) in [4.78, 5) is 34.3. The minimum absolute atomic E-state index is 0.140. The van der Waals surface area contributed by atoms with E-state index >= 15 is 0 Å². The van der Waals surface area contributed by atoms with E-state index in [9.17, 15) is 9.59 Å². The van der Waals surface area contributed by atoms with Crippen LogP contribution in [-0.4, -0.2) is 59.1 Å². The first-order valence-electron chi connectivity index (χ1n) is 11.8. The van der Waals surface area contributed by atoms with Gasteiger partial charge in [0.25, 0.3) is 5.91 Å². The maximum atomic E-state index is 13.2. The van der Waals surface area contributed by atoms with Crippen LogP contribution in [0, 0.1) is 0 Å². The summed E-state index contributed by atoms with van der Waals surface area (Å²) in [6, 6.07) is 15.8. The average molecular weight is 479 g/mol. The largest absolute Gasteiger partial charge is 0.497 e. The number of aryl methyl sites for hydroxylation is 1. The molecule has 3 heterocycles. The van der Waals surface area contributed by atoms with Gasteiger partial charge in [0, 0.05) is 19.0 Å². The highest BCUT2D eigenvalue weighted by atomic mass is 32.1. The molecule has 2 aliphatic rings. The number of nitrogens with one attached hydrogen (secondary N) is 1. The number of benzene rings is 2. The summed E-state index contributed by atoms with van der Waals surface area (Å²) in [5.41, 5.74) is 1.30. The molecule has 2 saturated heterocycles. The van der Waals surface area contributed by atoms with E-state index < -0.39 is 5.54 Å². The van der Waals surface area contributed by atoms with Crippen LogP contribution in [0.15, 0.2) is 48.5 Å². The second-order valence-electron chi connectivity index (χ2n) is 9.40. The summed E-state index contributed by atoms with van der Waals surface area (Å²) >= 11 is 1.78. The van der Waals surface area contributed by atoms with Gasteiger partial charge in [-0.2, -0.15) is 0 Å². The quantitative estimate of drug-likeness (QED) is 0.510. The Hall–Kier alpha value is -2.97. The Morgan fingerprint density at radius 1 is 1.12 bits per heavy atom. The standard InChI is InChI=1S/C26H30N4O3S/c1-26(14-11-18-7-9-20(33-2)10-8-18)24(31)30(25(32)28-26)17-29-15-12-19(13-16-29)23-27-21-5-3-4-6-22(21)34-23/h3-10,19H,11-17H2,1-2H3,(H,28,32)/t26-/m1/s1. The van der Waals surface area contributed by atoms with Gasteiger partial charge in [-0.25, -0.2) is 14.7 Å². The first-order valence-corrected chi connectivity index (χ1v) is 12.6. The highest BCUT2D eigenvalue weighted by molar-refractivity contribution is 7.18. The maximum Gasteiger partial charge on any atom is 0.326 e. The van der Waals surface area contributed by atoms with Gasteiger partial charge < -0.3 is 10.1 Å². The third-order valence-electron chi connectivity index (χ3n) is 7.01. The van der Waals surface area contributed by atoms with Crippen molar-refractivity contribution in [2.45, 2.75) is 44.1 Å². The van der Waals surface area contributed by atoms with E-state index in [1.807, 2.05) is 37.3 Å². The summed E-state index contributed by atoms with van der Waals surface area (Å²) < 4.78 is 6.43. The Balaban J connectivity index is 1.16. The van der Waals surface area contributed by atoms with E-state index in [0.29, 0.717) is 25.4 Å². The number of thiazole rings is 1. The SMILES string of the molecule is COc1ccc(CC[C@@]2(C)NC(=O)N(CN3CCC(c4nc5ccccc5s4)CC3)C2=O)cc1. The fraction of sp³-hybridized carbons (Fsp3) is 0.423. The van der Waals surface area contributed by atoms with Gasteiger partial charge in [0.1, 0.15) is 11.3 Å². The number of para-hydroxylation sites is 1. The van der Waals surface area contributed by atoms with Crippen molar-refractivity contribution in [3.8, 4) is 5.75 Å². The van der Waals surface area contributed by atoms with E-state index in [-0.39, 0.29) is 11.9 Å². The summed E-state index contributed by atoms with van der Waals surface area (Å²) in [6.45, 7) is 3.87. The molecule has 0 aliphatic carbocycles. The Kier molecular flexibility index (Phi) is 6.27. The van der Waals surface area contributed by atoms with Crippen LogP contribution in [0.25, 0.3) is 10.2 Å². The first kappa shape index (κ1) is 22.8. The molecular formula is C26H30N4O3S. The molecule has 34 heavy (non-hydrogen) atoms. The van der Waals surface area contributed by atoms with Crippen LogP contribution in [0.1, 0.15) is 42.7 Å². The molecule has 2 aliphatic heterocycles. The molecule has 0 spiro atoms. The fourth-order valence-electron chi connectivity index (χ4n) is 4.82. The van der Waals surface area contributed by atoms with Gasteiger partial charge in [-0.15, -0.1) is 11.3 Å². The molecule has 1 N–H and O–H groups in total. The van der Waals surface area contributed by atoms with Crippen molar-refractivity contribution in [3.05, 3.63) is 59.1 Å². The van der Waals surface area contributed by atoms with Crippen LogP contribution in [0.5, 0.6) is 5.75 Å².